The van der Waals surface area contributed by atoms with E-state index in [2.05, 4.69) is 17.1 Å². The first-order valence-electron chi connectivity index (χ1n) is 7.34. The average Bonchev–Trinajstić information content (AvgIpc) is 2.44. The largest absolute Gasteiger partial charge is 0.480 e. The Kier molecular flexibility index (Phi) is 6.75. The van der Waals surface area contributed by atoms with Crippen molar-refractivity contribution in [2.24, 2.45) is 0 Å². The first-order chi connectivity index (χ1) is 9.07. The Morgan fingerprint density at radius 1 is 1.53 bits per heavy atom. The fraction of sp³-hybridized carbons (Fsp3) is 0.929. The van der Waals surface area contributed by atoms with Gasteiger partial charge >= 0.3 is 5.97 Å². The van der Waals surface area contributed by atoms with E-state index in [1.165, 1.54) is 0 Å². The van der Waals surface area contributed by atoms with Crippen LogP contribution in [-0.2, 0) is 9.53 Å². The smallest absolute Gasteiger partial charge is 0.323 e. The topological polar surface area (TPSA) is 61.8 Å². The molecule has 1 heterocycles. The Labute approximate surface area is 116 Å². The number of hydrogen-bond donors (Lipinski definition) is 2. The summed E-state index contributed by atoms with van der Waals surface area (Å²) in [4.78, 5) is 13.8. The fourth-order valence-electron chi connectivity index (χ4n) is 2.68. The summed E-state index contributed by atoms with van der Waals surface area (Å²) in [6.45, 7) is 7.75. The molecular formula is C14H28N2O3. The molecular weight excluding hydrogens is 244 g/mol. The molecule has 2 atom stereocenters. The second-order valence-corrected chi connectivity index (χ2v) is 5.30. The number of likely N-dealkylation sites (N-methyl/N-ethyl adjacent to an activating group) is 1. The van der Waals surface area contributed by atoms with Gasteiger partial charge < -0.3 is 15.2 Å². The number of rotatable bonds is 8. The molecule has 0 aromatic heterocycles. The zero-order valence-corrected chi connectivity index (χ0v) is 12.4. The van der Waals surface area contributed by atoms with Crippen LogP contribution >= 0.6 is 0 Å². The minimum Gasteiger partial charge on any atom is -0.480 e. The van der Waals surface area contributed by atoms with Crippen LogP contribution in [0.3, 0.4) is 0 Å². The van der Waals surface area contributed by atoms with E-state index in [0.29, 0.717) is 18.9 Å². The molecule has 0 bridgehead atoms. The average molecular weight is 272 g/mol. The van der Waals surface area contributed by atoms with Crippen molar-refractivity contribution in [1.82, 2.24) is 10.2 Å². The molecule has 0 aliphatic carbocycles. The van der Waals surface area contributed by atoms with E-state index in [9.17, 15) is 9.90 Å². The quantitative estimate of drug-likeness (QED) is 0.698. The van der Waals surface area contributed by atoms with Crippen molar-refractivity contribution in [1.29, 1.82) is 0 Å². The lowest BCUT2D eigenvalue weighted by atomic mass is 9.90. The summed E-state index contributed by atoms with van der Waals surface area (Å²) in [6, 6.07) is 0. The van der Waals surface area contributed by atoms with Gasteiger partial charge in [0.1, 0.15) is 5.54 Å². The molecule has 1 aliphatic rings. The molecule has 112 valence electrons. The summed E-state index contributed by atoms with van der Waals surface area (Å²) in [7, 11) is 1.74. The van der Waals surface area contributed by atoms with Crippen LogP contribution in [0.25, 0.3) is 0 Å². The first kappa shape index (κ1) is 16.4. The van der Waals surface area contributed by atoms with E-state index < -0.39 is 11.5 Å². The maximum absolute atomic E-state index is 11.4. The van der Waals surface area contributed by atoms with E-state index in [-0.39, 0.29) is 0 Å². The van der Waals surface area contributed by atoms with Crippen molar-refractivity contribution in [3.05, 3.63) is 0 Å². The number of carboxylic acid groups (broad SMARTS) is 1. The SMILES string of the molecule is CCC1CN(CCCC(CC)(NC)C(=O)O)CCO1. The summed E-state index contributed by atoms with van der Waals surface area (Å²) >= 11 is 0. The second kappa shape index (κ2) is 7.82. The maximum Gasteiger partial charge on any atom is 0.323 e. The number of nitrogens with one attached hydrogen (secondary N) is 1. The monoisotopic (exact) mass is 272 g/mol. The van der Waals surface area contributed by atoms with E-state index in [1.54, 1.807) is 7.05 Å². The van der Waals surface area contributed by atoms with E-state index in [1.807, 2.05) is 6.92 Å². The summed E-state index contributed by atoms with van der Waals surface area (Å²) in [5, 5.41) is 12.3. The lowest BCUT2D eigenvalue weighted by Gasteiger charge is -2.34. The van der Waals surface area contributed by atoms with Crippen LogP contribution in [0.4, 0.5) is 0 Å². The molecule has 0 aromatic rings. The molecule has 5 nitrogen and oxygen atoms in total. The highest BCUT2D eigenvalue weighted by atomic mass is 16.5. The normalized spacial score (nSPS) is 24.1. The zero-order chi connectivity index (χ0) is 14.3. The first-order valence-corrected chi connectivity index (χ1v) is 7.34. The third-order valence-corrected chi connectivity index (χ3v) is 4.25. The van der Waals surface area contributed by atoms with Crippen molar-refractivity contribution in [3.63, 3.8) is 0 Å². The Bertz CT molecular complexity index is 280. The molecule has 19 heavy (non-hydrogen) atoms. The molecule has 1 saturated heterocycles. The summed E-state index contributed by atoms with van der Waals surface area (Å²) < 4.78 is 5.64. The summed E-state index contributed by atoms with van der Waals surface area (Å²) in [6.07, 6.45) is 3.56. The van der Waals surface area contributed by atoms with Gasteiger partial charge in [-0.1, -0.05) is 13.8 Å². The number of morpholine rings is 1. The van der Waals surface area contributed by atoms with Gasteiger partial charge in [0.25, 0.3) is 0 Å². The van der Waals surface area contributed by atoms with E-state index in [4.69, 9.17) is 4.74 Å². The minimum absolute atomic E-state index is 0.341. The van der Waals surface area contributed by atoms with Crippen LogP contribution in [0.1, 0.15) is 39.5 Å². The van der Waals surface area contributed by atoms with E-state index >= 15 is 0 Å². The molecule has 1 fully saturated rings. The van der Waals surface area contributed by atoms with Crippen LogP contribution in [0, 0.1) is 0 Å². The molecule has 1 aliphatic heterocycles. The zero-order valence-electron chi connectivity index (χ0n) is 12.4. The number of hydrogen-bond acceptors (Lipinski definition) is 4. The standard InChI is InChI=1S/C14H28N2O3/c1-4-12-11-16(9-10-19-12)8-6-7-14(5-2,15-3)13(17)18/h12,15H,4-11H2,1-3H3,(H,17,18). The van der Waals surface area contributed by atoms with Gasteiger partial charge in [0.05, 0.1) is 12.7 Å². The molecule has 1 rings (SSSR count). The van der Waals surface area contributed by atoms with Gasteiger partial charge in [-0.25, -0.2) is 0 Å². The Balaban J connectivity index is 2.37. The van der Waals surface area contributed by atoms with Crippen molar-refractivity contribution in [2.75, 3.05) is 33.3 Å². The molecule has 2 unspecified atom stereocenters. The van der Waals surface area contributed by atoms with Gasteiger partial charge in [0, 0.05) is 13.1 Å². The Hall–Kier alpha value is -0.650. The van der Waals surface area contributed by atoms with Gasteiger partial charge in [-0.05, 0) is 39.3 Å². The third kappa shape index (κ3) is 4.44. The van der Waals surface area contributed by atoms with Gasteiger partial charge in [-0.2, -0.15) is 0 Å². The van der Waals surface area contributed by atoms with Gasteiger partial charge in [-0.3, -0.25) is 9.69 Å². The summed E-state index contributed by atoms with van der Waals surface area (Å²) in [5.41, 5.74) is -0.767. The highest BCUT2D eigenvalue weighted by Gasteiger charge is 2.34. The van der Waals surface area contributed by atoms with E-state index in [0.717, 1.165) is 39.1 Å². The molecule has 0 amide bonds. The Morgan fingerprint density at radius 3 is 2.79 bits per heavy atom. The van der Waals surface area contributed by atoms with Crippen LogP contribution in [0.5, 0.6) is 0 Å². The molecule has 0 aromatic carbocycles. The summed E-state index contributed by atoms with van der Waals surface area (Å²) in [5.74, 6) is -0.745. The predicted molar refractivity (Wildman–Crippen MR) is 75.4 cm³/mol. The number of carbonyl (C=O) groups is 1. The minimum atomic E-state index is -0.767. The lowest BCUT2D eigenvalue weighted by Crippen LogP contribution is -2.50. The van der Waals surface area contributed by atoms with Crippen molar-refractivity contribution >= 4 is 5.97 Å². The van der Waals surface area contributed by atoms with Crippen LogP contribution in [-0.4, -0.2) is 60.9 Å². The molecule has 5 heteroatoms. The second-order valence-electron chi connectivity index (χ2n) is 5.30. The van der Waals surface area contributed by atoms with Gasteiger partial charge in [0.2, 0.25) is 0 Å². The number of carboxylic acids is 1. The highest BCUT2D eigenvalue weighted by molar-refractivity contribution is 5.78. The van der Waals surface area contributed by atoms with Gasteiger partial charge in [0.15, 0.2) is 0 Å². The molecule has 0 radical (unpaired) electrons. The van der Waals surface area contributed by atoms with Crippen molar-refractivity contribution in [3.8, 4) is 0 Å². The third-order valence-electron chi connectivity index (χ3n) is 4.25. The fourth-order valence-corrected chi connectivity index (χ4v) is 2.68. The Morgan fingerprint density at radius 2 is 2.26 bits per heavy atom. The number of nitrogens with zero attached hydrogens (tertiary/aromatic N) is 1. The lowest BCUT2D eigenvalue weighted by molar-refractivity contribution is -0.145. The van der Waals surface area contributed by atoms with Gasteiger partial charge in [-0.15, -0.1) is 0 Å². The van der Waals surface area contributed by atoms with Crippen molar-refractivity contribution < 1.29 is 14.6 Å². The van der Waals surface area contributed by atoms with Crippen LogP contribution < -0.4 is 5.32 Å². The molecule has 0 saturated carbocycles. The number of ether oxygens (including phenoxy) is 1. The van der Waals surface area contributed by atoms with Crippen molar-refractivity contribution in [2.45, 2.75) is 51.2 Å². The molecule has 2 N–H and O–H groups in total. The van der Waals surface area contributed by atoms with Crippen LogP contribution in [0.15, 0.2) is 0 Å². The molecule has 0 spiro atoms. The predicted octanol–water partition coefficient (Wildman–Crippen LogP) is 1.33. The van der Waals surface area contributed by atoms with Crippen LogP contribution in [0.2, 0.25) is 0 Å². The maximum atomic E-state index is 11.4. The number of aliphatic carboxylic acids is 1. The highest BCUT2D eigenvalue weighted by Crippen LogP contribution is 2.18.